The highest BCUT2D eigenvalue weighted by molar-refractivity contribution is 6.12. The molecule has 0 aliphatic carbocycles. The van der Waals surface area contributed by atoms with Gasteiger partial charge in [0, 0.05) is 18.8 Å². The Kier molecular flexibility index (Phi) is 2.75. The molecule has 0 bridgehead atoms. The van der Waals surface area contributed by atoms with Gasteiger partial charge in [-0.15, -0.1) is 0 Å². The first-order chi connectivity index (χ1) is 10.3. The van der Waals surface area contributed by atoms with E-state index >= 15 is 0 Å². The monoisotopic (exact) mass is 273 g/mol. The molecule has 104 valence electrons. The molecule has 0 radical (unpaired) electrons. The Morgan fingerprint density at radius 3 is 2.05 bits per heavy atom. The average Bonchev–Trinajstić information content (AvgIpc) is 2.54. The molecule has 0 amide bonds. The summed E-state index contributed by atoms with van der Waals surface area (Å²) in [5, 5.41) is 5.48. The van der Waals surface area contributed by atoms with Crippen molar-refractivity contribution >= 4 is 27.6 Å². The summed E-state index contributed by atoms with van der Waals surface area (Å²) >= 11 is 0. The van der Waals surface area contributed by atoms with Gasteiger partial charge in [0.1, 0.15) is 0 Å². The van der Waals surface area contributed by atoms with Crippen LogP contribution in [0.4, 0.5) is 0 Å². The minimum absolute atomic E-state index is 0.527. The first-order valence-electron chi connectivity index (χ1n) is 7.62. The molecule has 0 atom stereocenters. The van der Waals surface area contributed by atoms with Gasteiger partial charge < -0.3 is 4.90 Å². The van der Waals surface area contributed by atoms with Gasteiger partial charge in [-0.1, -0.05) is 48.5 Å². The van der Waals surface area contributed by atoms with E-state index in [0.717, 1.165) is 6.54 Å². The molecule has 0 aromatic heterocycles. The highest BCUT2D eigenvalue weighted by Gasteiger charge is 2.18. The third kappa shape index (κ3) is 1.84. The Balaban J connectivity index is 2.12. The number of hydrogen-bond acceptors (Lipinski definition) is 1. The zero-order valence-electron chi connectivity index (χ0n) is 12.5. The molecule has 1 nitrogen and oxygen atoms in total. The maximum absolute atomic E-state index is 2.41. The van der Waals surface area contributed by atoms with Crippen LogP contribution in [0.2, 0.25) is 0 Å². The molecular weight excluding hydrogens is 254 g/mol. The van der Waals surface area contributed by atoms with Crippen molar-refractivity contribution in [1.82, 2.24) is 4.90 Å². The third-order valence-electron chi connectivity index (χ3n) is 4.52. The number of fused-ring (bicyclic) bond motifs is 6. The quantitative estimate of drug-likeness (QED) is 0.552. The van der Waals surface area contributed by atoms with E-state index in [4.69, 9.17) is 0 Å². The second-order valence-corrected chi connectivity index (χ2v) is 6.07. The van der Waals surface area contributed by atoms with Gasteiger partial charge in [0.25, 0.3) is 0 Å². The molecule has 21 heavy (non-hydrogen) atoms. The van der Waals surface area contributed by atoms with Crippen LogP contribution in [0.5, 0.6) is 0 Å². The van der Waals surface area contributed by atoms with Crippen LogP contribution in [-0.4, -0.2) is 10.9 Å². The minimum atomic E-state index is 0.527. The summed E-state index contributed by atoms with van der Waals surface area (Å²) in [6.07, 6.45) is 4.53. The summed E-state index contributed by atoms with van der Waals surface area (Å²) in [6, 6.07) is 18.1. The molecule has 0 spiro atoms. The molecule has 0 fully saturated rings. The average molecular weight is 273 g/mol. The van der Waals surface area contributed by atoms with E-state index in [9.17, 15) is 0 Å². The summed E-state index contributed by atoms with van der Waals surface area (Å²) < 4.78 is 0. The predicted molar refractivity (Wildman–Crippen MR) is 91.2 cm³/mol. The summed E-state index contributed by atoms with van der Waals surface area (Å²) in [4.78, 5) is 2.41. The van der Waals surface area contributed by atoms with Crippen LogP contribution in [0.25, 0.3) is 27.6 Å². The summed E-state index contributed by atoms with van der Waals surface area (Å²) in [5.41, 5.74) is 2.85. The third-order valence-corrected chi connectivity index (χ3v) is 4.52. The fourth-order valence-corrected chi connectivity index (χ4v) is 3.36. The normalized spacial score (nSPS) is 14.1. The van der Waals surface area contributed by atoms with Gasteiger partial charge in [-0.3, -0.25) is 0 Å². The van der Waals surface area contributed by atoms with E-state index in [1.807, 2.05) is 0 Å². The minimum Gasteiger partial charge on any atom is -0.371 e. The van der Waals surface area contributed by atoms with Gasteiger partial charge in [0.2, 0.25) is 0 Å². The second kappa shape index (κ2) is 4.63. The molecule has 0 N–H and O–H groups in total. The Hall–Kier alpha value is -2.28. The first kappa shape index (κ1) is 12.5. The van der Waals surface area contributed by atoms with E-state index in [1.165, 1.54) is 32.7 Å². The van der Waals surface area contributed by atoms with Crippen molar-refractivity contribution in [3.8, 4) is 0 Å². The lowest BCUT2D eigenvalue weighted by Crippen LogP contribution is -2.27. The van der Waals surface area contributed by atoms with Crippen LogP contribution in [0.1, 0.15) is 25.0 Å². The molecule has 1 heterocycles. The van der Waals surface area contributed by atoms with Crippen molar-refractivity contribution in [1.29, 1.82) is 0 Å². The van der Waals surface area contributed by atoms with E-state index in [-0.39, 0.29) is 0 Å². The highest BCUT2D eigenvalue weighted by atomic mass is 15.1. The van der Waals surface area contributed by atoms with Crippen LogP contribution in [0.15, 0.2) is 54.7 Å². The standard InChI is InChI=1S/C20H19N/c1-14(2)21-12-11-19-17-9-4-3-7-15(17)16-8-5-6-10-18(16)20(19)13-21/h3-12,14H,13H2,1-2H3. The molecule has 0 unspecified atom stereocenters. The maximum Gasteiger partial charge on any atom is 0.0439 e. The van der Waals surface area contributed by atoms with E-state index in [0.29, 0.717) is 6.04 Å². The van der Waals surface area contributed by atoms with Crippen LogP contribution < -0.4 is 0 Å². The van der Waals surface area contributed by atoms with Crippen LogP contribution in [0.3, 0.4) is 0 Å². The number of benzene rings is 3. The van der Waals surface area contributed by atoms with E-state index in [2.05, 4.69) is 79.6 Å². The van der Waals surface area contributed by atoms with Crippen LogP contribution in [-0.2, 0) is 6.54 Å². The smallest absolute Gasteiger partial charge is 0.0439 e. The number of hydrogen-bond donors (Lipinski definition) is 0. The van der Waals surface area contributed by atoms with Gasteiger partial charge in [0.15, 0.2) is 0 Å². The second-order valence-electron chi connectivity index (χ2n) is 6.07. The Morgan fingerprint density at radius 2 is 1.38 bits per heavy atom. The molecule has 0 saturated carbocycles. The molecule has 3 aromatic rings. The van der Waals surface area contributed by atoms with Crippen molar-refractivity contribution in [3.05, 3.63) is 65.9 Å². The van der Waals surface area contributed by atoms with Crippen molar-refractivity contribution in [2.24, 2.45) is 0 Å². The summed E-state index contributed by atoms with van der Waals surface area (Å²) in [7, 11) is 0. The Bertz CT molecular complexity index is 858. The number of rotatable bonds is 1. The first-order valence-corrected chi connectivity index (χ1v) is 7.62. The summed E-state index contributed by atoms with van der Waals surface area (Å²) in [6.45, 7) is 5.49. The molecule has 3 aromatic carbocycles. The lowest BCUT2D eigenvalue weighted by molar-refractivity contribution is 0.303. The predicted octanol–water partition coefficient (Wildman–Crippen LogP) is 5.19. The SMILES string of the molecule is CC(C)N1C=Cc2c(c3ccccc3c3ccccc23)C1. The Morgan fingerprint density at radius 1 is 0.810 bits per heavy atom. The van der Waals surface area contributed by atoms with Crippen LogP contribution >= 0.6 is 0 Å². The maximum atomic E-state index is 2.41. The molecular formula is C20H19N. The molecule has 1 heteroatoms. The van der Waals surface area contributed by atoms with Crippen molar-refractivity contribution < 1.29 is 0 Å². The van der Waals surface area contributed by atoms with E-state index < -0.39 is 0 Å². The molecule has 4 rings (SSSR count). The molecule has 1 aliphatic rings. The van der Waals surface area contributed by atoms with Gasteiger partial charge in [0.05, 0.1) is 0 Å². The van der Waals surface area contributed by atoms with E-state index in [1.54, 1.807) is 0 Å². The highest BCUT2D eigenvalue weighted by Crippen LogP contribution is 2.36. The van der Waals surface area contributed by atoms with Gasteiger partial charge in [-0.05, 0) is 52.6 Å². The van der Waals surface area contributed by atoms with Crippen molar-refractivity contribution in [2.75, 3.05) is 0 Å². The zero-order valence-corrected chi connectivity index (χ0v) is 12.5. The molecule has 1 aliphatic heterocycles. The fraction of sp³-hybridized carbons (Fsp3) is 0.200. The summed E-state index contributed by atoms with van der Waals surface area (Å²) in [5.74, 6) is 0. The molecule has 0 saturated heterocycles. The van der Waals surface area contributed by atoms with Gasteiger partial charge in [-0.2, -0.15) is 0 Å². The van der Waals surface area contributed by atoms with Gasteiger partial charge in [-0.25, -0.2) is 0 Å². The van der Waals surface area contributed by atoms with Gasteiger partial charge >= 0.3 is 0 Å². The van der Waals surface area contributed by atoms with Crippen molar-refractivity contribution in [3.63, 3.8) is 0 Å². The number of nitrogens with zero attached hydrogens (tertiary/aromatic N) is 1. The topological polar surface area (TPSA) is 3.24 Å². The zero-order chi connectivity index (χ0) is 14.4. The fourth-order valence-electron chi connectivity index (χ4n) is 3.36. The van der Waals surface area contributed by atoms with Crippen molar-refractivity contribution in [2.45, 2.75) is 26.4 Å². The lowest BCUT2D eigenvalue weighted by Gasteiger charge is -2.30. The Labute approximate surface area is 125 Å². The van der Waals surface area contributed by atoms with Crippen LogP contribution in [0, 0.1) is 0 Å². The largest absolute Gasteiger partial charge is 0.371 e. The lowest BCUT2D eigenvalue weighted by atomic mass is 9.90.